The van der Waals surface area contributed by atoms with E-state index < -0.39 is 0 Å². The molecule has 0 atom stereocenters. The number of rotatable bonds is 1. The SMILES string of the molecule is CN1CCN(c2nc3cc(Cl)c(N)cc3n2C)CC1. The quantitative estimate of drug-likeness (QED) is 0.805. The van der Waals surface area contributed by atoms with Gasteiger partial charge in [-0.2, -0.15) is 0 Å². The molecule has 1 aromatic heterocycles. The molecule has 0 unspecified atom stereocenters. The lowest BCUT2D eigenvalue weighted by Gasteiger charge is -2.32. The number of halogens is 1. The van der Waals surface area contributed by atoms with E-state index in [0.717, 1.165) is 43.2 Å². The van der Waals surface area contributed by atoms with Crippen molar-refractivity contribution in [2.75, 3.05) is 43.9 Å². The van der Waals surface area contributed by atoms with E-state index >= 15 is 0 Å². The van der Waals surface area contributed by atoms with E-state index in [1.807, 2.05) is 19.2 Å². The number of nitrogen functional groups attached to an aromatic ring is 1. The Kier molecular flexibility index (Phi) is 3.03. The molecule has 0 radical (unpaired) electrons. The number of nitrogens with two attached hydrogens (primary N) is 1. The minimum Gasteiger partial charge on any atom is -0.397 e. The molecule has 0 bridgehead atoms. The number of hydrogen-bond acceptors (Lipinski definition) is 4. The van der Waals surface area contributed by atoms with E-state index in [2.05, 4.69) is 21.4 Å². The zero-order chi connectivity index (χ0) is 13.6. The molecule has 2 N–H and O–H groups in total. The van der Waals surface area contributed by atoms with Crippen molar-refractivity contribution in [1.82, 2.24) is 14.5 Å². The largest absolute Gasteiger partial charge is 0.397 e. The summed E-state index contributed by atoms with van der Waals surface area (Å²) in [6, 6.07) is 3.73. The molecule has 3 rings (SSSR count). The molecule has 0 aliphatic carbocycles. The van der Waals surface area contributed by atoms with Crippen LogP contribution in [-0.2, 0) is 7.05 Å². The van der Waals surface area contributed by atoms with E-state index in [-0.39, 0.29) is 0 Å². The molecule has 0 spiro atoms. The lowest BCUT2D eigenvalue weighted by molar-refractivity contribution is 0.310. The number of aromatic nitrogens is 2. The van der Waals surface area contributed by atoms with Crippen LogP contribution in [0.2, 0.25) is 5.02 Å². The number of piperazine rings is 1. The Hall–Kier alpha value is -1.46. The van der Waals surface area contributed by atoms with Crippen molar-refractivity contribution in [1.29, 1.82) is 0 Å². The van der Waals surface area contributed by atoms with Crippen LogP contribution >= 0.6 is 11.6 Å². The van der Waals surface area contributed by atoms with Crippen molar-refractivity contribution >= 4 is 34.3 Å². The van der Waals surface area contributed by atoms with Gasteiger partial charge < -0.3 is 20.1 Å². The highest BCUT2D eigenvalue weighted by Gasteiger charge is 2.19. The van der Waals surface area contributed by atoms with Gasteiger partial charge in [0.05, 0.1) is 21.7 Å². The molecule has 0 saturated carbocycles. The summed E-state index contributed by atoms with van der Waals surface area (Å²) < 4.78 is 2.09. The molecule has 5 nitrogen and oxygen atoms in total. The molecule has 19 heavy (non-hydrogen) atoms. The number of anilines is 2. The third-order valence-electron chi connectivity index (χ3n) is 3.76. The molecule has 2 heterocycles. The maximum atomic E-state index is 6.06. The third-order valence-corrected chi connectivity index (χ3v) is 4.09. The van der Waals surface area contributed by atoms with E-state index in [4.69, 9.17) is 22.3 Å². The second-order valence-electron chi connectivity index (χ2n) is 5.12. The first-order valence-corrected chi connectivity index (χ1v) is 6.79. The second-order valence-corrected chi connectivity index (χ2v) is 5.53. The normalized spacial score (nSPS) is 17.3. The van der Waals surface area contributed by atoms with Crippen LogP contribution in [0, 0.1) is 0 Å². The van der Waals surface area contributed by atoms with E-state index in [0.29, 0.717) is 10.7 Å². The Morgan fingerprint density at radius 1 is 1.16 bits per heavy atom. The predicted octanol–water partition coefficient (Wildman–Crippen LogP) is 1.56. The van der Waals surface area contributed by atoms with Crippen LogP contribution in [0.3, 0.4) is 0 Å². The Balaban J connectivity index is 2.02. The van der Waals surface area contributed by atoms with Gasteiger partial charge >= 0.3 is 0 Å². The number of benzene rings is 1. The Labute approximate surface area is 117 Å². The van der Waals surface area contributed by atoms with Crippen LogP contribution in [0.15, 0.2) is 12.1 Å². The Morgan fingerprint density at radius 3 is 2.53 bits per heavy atom. The van der Waals surface area contributed by atoms with Crippen LogP contribution in [0.1, 0.15) is 0 Å². The van der Waals surface area contributed by atoms with E-state index in [1.54, 1.807) is 0 Å². The number of imidazole rings is 1. The summed E-state index contributed by atoms with van der Waals surface area (Å²) in [5, 5.41) is 0.565. The second kappa shape index (κ2) is 4.58. The van der Waals surface area contributed by atoms with Gasteiger partial charge in [-0.25, -0.2) is 4.98 Å². The van der Waals surface area contributed by atoms with Crippen molar-refractivity contribution in [3.05, 3.63) is 17.2 Å². The maximum Gasteiger partial charge on any atom is 0.206 e. The molecule has 0 amide bonds. The summed E-state index contributed by atoms with van der Waals surface area (Å²) in [5.41, 5.74) is 8.39. The highest BCUT2D eigenvalue weighted by molar-refractivity contribution is 6.33. The van der Waals surface area contributed by atoms with Gasteiger partial charge in [-0.05, 0) is 19.2 Å². The molecule has 1 fully saturated rings. The van der Waals surface area contributed by atoms with Crippen molar-refractivity contribution in [3.63, 3.8) is 0 Å². The summed E-state index contributed by atoms with van der Waals surface area (Å²) >= 11 is 6.06. The third kappa shape index (κ3) is 2.13. The Morgan fingerprint density at radius 2 is 1.84 bits per heavy atom. The van der Waals surface area contributed by atoms with Gasteiger partial charge in [0.25, 0.3) is 0 Å². The number of aryl methyl sites for hydroxylation is 1. The molecule has 1 aliphatic heterocycles. The molecule has 6 heteroatoms. The highest BCUT2D eigenvalue weighted by atomic mass is 35.5. The van der Waals surface area contributed by atoms with Gasteiger partial charge in [0, 0.05) is 33.2 Å². The lowest BCUT2D eigenvalue weighted by Crippen LogP contribution is -2.45. The fourth-order valence-electron chi connectivity index (χ4n) is 2.51. The zero-order valence-electron chi connectivity index (χ0n) is 11.2. The minimum absolute atomic E-state index is 0.565. The molecular weight excluding hydrogens is 262 g/mol. The van der Waals surface area contributed by atoms with Gasteiger partial charge in [0.15, 0.2) is 0 Å². The molecule has 1 saturated heterocycles. The maximum absolute atomic E-state index is 6.06. The van der Waals surface area contributed by atoms with Gasteiger partial charge in [-0.3, -0.25) is 0 Å². The number of likely N-dealkylation sites (N-methyl/N-ethyl adjacent to an activating group) is 1. The van der Waals surface area contributed by atoms with Crippen LogP contribution in [0.4, 0.5) is 11.6 Å². The first-order chi connectivity index (χ1) is 9.06. The fourth-order valence-corrected chi connectivity index (χ4v) is 2.66. The molecule has 1 aliphatic rings. The topological polar surface area (TPSA) is 50.3 Å². The summed E-state index contributed by atoms with van der Waals surface area (Å²) in [6.45, 7) is 4.12. The smallest absolute Gasteiger partial charge is 0.206 e. The average molecular weight is 280 g/mol. The zero-order valence-corrected chi connectivity index (χ0v) is 12.0. The summed E-state index contributed by atoms with van der Waals surface area (Å²) in [4.78, 5) is 9.33. The molecule has 1 aromatic carbocycles. The summed E-state index contributed by atoms with van der Waals surface area (Å²) in [7, 11) is 4.17. The van der Waals surface area contributed by atoms with Crippen LogP contribution in [0.5, 0.6) is 0 Å². The lowest BCUT2D eigenvalue weighted by atomic mass is 10.3. The van der Waals surface area contributed by atoms with Crippen LogP contribution in [-0.4, -0.2) is 47.7 Å². The molecule has 102 valence electrons. The fraction of sp³-hybridized carbons (Fsp3) is 0.462. The monoisotopic (exact) mass is 279 g/mol. The first kappa shape index (κ1) is 12.6. The highest BCUT2D eigenvalue weighted by Crippen LogP contribution is 2.28. The van der Waals surface area contributed by atoms with Gasteiger partial charge in [0.2, 0.25) is 5.95 Å². The first-order valence-electron chi connectivity index (χ1n) is 6.41. The van der Waals surface area contributed by atoms with Crippen LogP contribution in [0.25, 0.3) is 11.0 Å². The minimum atomic E-state index is 0.565. The summed E-state index contributed by atoms with van der Waals surface area (Å²) in [5.74, 6) is 0.991. The summed E-state index contributed by atoms with van der Waals surface area (Å²) in [6.07, 6.45) is 0. The van der Waals surface area contributed by atoms with Crippen molar-refractivity contribution in [2.24, 2.45) is 7.05 Å². The van der Waals surface area contributed by atoms with Crippen molar-refractivity contribution in [3.8, 4) is 0 Å². The van der Waals surface area contributed by atoms with Crippen molar-refractivity contribution in [2.45, 2.75) is 0 Å². The van der Waals surface area contributed by atoms with Gasteiger partial charge in [0.1, 0.15) is 0 Å². The van der Waals surface area contributed by atoms with E-state index in [1.165, 1.54) is 0 Å². The van der Waals surface area contributed by atoms with Crippen LogP contribution < -0.4 is 10.6 Å². The average Bonchev–Trinajstić information content (AvgIpc) is 2.69. The van der Waals surface area contributed by atoms with Gasteiger partial charge in [-0.1, -0.05) is 11.6 Å². The van der Waals surface area contributed by atoms with E-state index in [9.17, 15) is 0 Å². The standard InChI is InChI=1S/C13H18ClN5/c1-17-3-5-19(6-4-17)13-16-11-7-9(14)10(15)8-12(11)18(13)2/h7-8H,3-6,15H2,1-2H3. The van der Waals surface area contributed by atoms with Gasteiger partial charge in [-0.15, -0.1) is 0 Å². The number of nitrogens with zero attached hydrogens (tertiary/aromatic N) is 4. The number of hydrogen-bond donors (Lipinski definition) is 1. The van der Waals surface area contributed by atoms with Crippen molar-refractivity contribution < 1.29 is 0 Å². The molecular formula is C13H18ClN5. The molecule has 2 aromatic rings. The Bertz CT molecular complexity index is 613. The number of fused-ring (bicyclic) bond motifs is 1. The predicted molar refractivity (Wildman–Crippen MR) is 79.8 cm³/mol.